The Kier molecular flexibility index (Phi) is 29.2. The first kappa shape index (κ1) is 69.0. The minimum Gasteiger partial charge on any atom is -0.481 e. The van der Waals surface area contributed by atoms with E-state index in [-0.39, 0.29) is 63.3 Å². The van der Waals surface area contributed by atoms with Crippen LogP contribution in [0, 0.1) is 35.5 Å². The van der Waals surface area contributed by atoms with Gasteiger partial charge in [0, 0.05) is 32.1 Å². The van der Waals surface area contributed by atoms with E-state index < -0.39 is 102 Å². The van der Waals surface area contributed by atoms with Gasteiger partial charge in [-0.3, -0.25) is 43.2 Å². The molecule has 0 spiro atoms. The SMILES string of the molecule is CC(C)[C@H](CC(=O)OC(C)(C)C)C(=O)N[C@@H](C)C(=O)N1CCC[C@@H](C(=O)OCC(Cl)(Cl)Cl)C1.C[C@H](CC(=O)OC(C)(C)C)C(=O)N1CCC[C@@H](C(=O)OCC(Cl)(Cl)Cl)C1.C[C@H](CC(=O)OC(C)(C)C)C(=O)O. The molecule has 2 N–H and O–H groups in total. The van der Waals surface area contributed by atoms with Crippen molar-refractivity contribution in [3.63, 3.8) is 0 Å². The van der Waals surface area contributed by atoms with Crippen molar-refractivity contribution in [2.24, 2.45) is 35.5 Å². The summed E-state index contributed by atoms with van der Waals surface area (Å²) in [6, 6.07) is -0.826. The van der Waals surface area contributed by atoms with Crippen LogP contribution in [0.15, 0.2) is 0 Å². The molecule has 24 heteroatoms. The summed E-state index contributed by atoms with van der Waals surface area (Å²) in [7, 11) is 0. The summed E-state index contributed by atoms with van der Waals surface area (Å²) in [5.41, 5.74) is -1.79. The smallest absolute Gasteiger partial charge is 0.310 e. The summed E-state index contributed by atoms with van der Waals surface area (Å²) < 4.78 is 22.2. The highest BCUT2D eigenvalue weighted by Crippen LogP contribution is 2.29. The Hall–Kier alpha value is -3.03. The zero-order valence-corrected chi connectivity index (χ0v) is 48.6. The molecule has 2 aliphatic rings. The van der Waals surface area contributed by atoms with Crippen LogP contribution in [0.2, 0.25) is 0 Å². The number of carbonyl (C=O) groups is 9. The van der Waals surface area contributed by atoms with E-state index in [0.29, 0.717) is 38.8 Å². The quantitative estimate of drug-likeness (QED) is 0.0836. The fourth-order valence-corrected chi connectivity index (χ4v) is 7.21. The first-order valence-electron chi connectivity index (χ1n) is 23.7. The van der Waals surface area contributed by atoms with Crippen LogP contribution in [0.5, 0.6) is 0 Å². The summed E-state index contributed by atoms with van der Waals surface area (Å²) in [5.74, 6) is -7.25. The molecule has 0 aromatic carbocycles. The fraction of sp³-hybridized carbons (Fsp3) is 0.812. The summed E-state index contributed by atoms with van der Waals surface area (Å²) in [6.45, 7) is 24.9. The van der Waals surface area contributed by atoms with Crippen LogP contribution in [-0.4, -0.2) is 138 Å². The zero-order valence-electron chi connectivity index (χ0n) is 44.1. The monoisotopic (exact) mass is 1150 g/mol. The third kappa shape index (κ3) is 31.6. The molecule has 72 heavy (non-hydrogen) atoms. The standard InChI is InChI=1S/C22H35Cl3N2O6.C17H26Cl3NO5.C9H16O4/c1-13(2)16(10-17(28)33-21(4,5)6)18(29)26-14(3)19(30)27-9-7-8-15(11-27)20(31)32-12-22(23,24)25;1-11(8-13(22)26-16(2,3)4)14(23)21-7-5-6-12(9-21)15(24)25-10-17(18,19)20;1-6(8(11)12)5-7(10)13-9(2,3)4/h13-16H,7-12H2,1-6H3,(H,26,29);11-12H,5-10H2,1-4H3;6H,5H2,1-4H3,(H,11,12)/t14-,15+,16-;11-,12-;6-/m011/s1. The van der Waals surface area contributed by atoms with Gasteiger partial charge >= 0.3 is 35.8 Å². The molecule has 2 aliphatic heterocycles. The van der Waals surface area contributed by atoms with Gasteiger partial charge in [-0.2, -0.15) is 0 Å². The molecule has 0 radical (unpaired) electrons. The molecule has 3 amide bonds. The highest BCUT2D eigenvalue weighted by atomic mass is 35.6. The van der Waals surface area contributed by atoms with E-state index in [1.807, 2.05) is 13.8 Å². The van der Waals surface area contributed by atoms with Crippen molar-refractivity contribution in [3.8, 4) is 0 Å². The second kappa shape index (κ2) is 30.5. The molecular weight excluding hydrogens is 1070 g/mol. The van der Waals surface area contributed by atoms with E-state index in [1.54, 1.807) is 81.1 Å². The Labute approximate surface area is 455 Å². The number of nitrogens with zero attached hydrogens (tertiary/aromatic N) is 2. The average molecular weight is 1150 g/mol. The van der Waals surface area contributed by atoms with Crippen LogP contribution in [0.3, 0.4) is 0 Å². The van der Waals surface area contributed by atoms with Gasteiger partial charge in [0.25, 0.3) is 0 Å². The summed E-state index contributed by atoms with van der Waals surface area (Å²) >= 11 is 33.6. The Balaban J connectivity index is 0.00000115. The number of carbonyl (C=O) groups excluding carboxylic acids is 8. The van der Waals surface area contributed by atoms with Crippen molar-refractivity contribution in [3.05, 3.63) is 0 Å². The lowest BCUT2D eigenvalue weighted by Crippen LogP contribution is -2.52. The number of amides is 3. The molecule has 2 rings (SSSR count). The van der Waals surface area contributed by atoms with Crippen LogP contribution >= 0.6 is 69.6 Å². The van der Waals surface area contributed by atoms with Crippen LogP contribution in [0.25, 0.3) is 0 Å². The third-order valence-corrected chi connectivity index (χ3v) is 10.8. The number of nitrogens with one attached hydrogen (secondary N) is 1. The lowest BCUT2D eigenvalue weighted by molar-refractivity contribution is -0.159. The van der Waals surface area contributed by atoms with Crippen molar-refractivity contribution < 1.29 is 71.9 Å². The highest BCUT2D eigenvalue weighted by molar-refractivity contribution is 6.68. The van der Waals surface area contributed by atoms with E-state index in [4.69, 9.17) is 98.4 Å². The second-order valence-corrected chi connectivity index (χ2v) is 26.3. The minimum absolute atomic E-state index is 0.00498. The van der Waals surface area contributed by atoms with Gasteiger partial charge < -0.3 is 43.9 Å². The lowest BCUT2D eigenvalue weighted by atomic mass is 9.91. The van der Waals surface area contributed by atoms with E-state index in [9.17, 15) is 43.2 Å². The first-order valence-corrected chi connectivity index (χ1v) is 26.0. The summed E-state index contributed by atoms with van der Waals surface area (Å²) in [5, 5.41) is 11.2. The average Bonchev–Trinajstić information content (AvgIpc) is 3.21. The minimum atomic E-state index is -1.70. The van der Waals surface area contributed by atoms with Crippen LogP contribution in [0.1, 0.15) is 142 Å². The molecule has 2 fully saturated rings. The number of aliphatic carboxylic acids is 1. The molecule has 0 aromatic rings. The number of carboxylic acids is 1. The fourth-order valence-electron chi connectivity index (χ4n) is 6.88. The number of piperidine rings is 2. The maximum Gasteiger partial charge on any atom is 0.310 e. The van der Waals surface area contributed by atoms with Crippen molar-refractivity contribution in [1.29, 1.82) is 0 Å². The molecule has 0 bridgehead atoms. The lowest BCUT2D eigenvalue weighted by Gasteiger charge is -2.34. The van der Waals surface area contributed by atoms with Gasteiger partial charge in [-0.1, -0.05) is 97.3 Å². The number of carboxylic acid groups (broad SMARTS) is 1. The normalized spacial score (nSPS) is 18.2. The van der Waals surface area contributed by atoms with Crippen molar-refractivity contribution in [1.82, 2.24) is 15.1 Å². The summed E-state index contributed by atoms with van der Waals surface area (Å²) in [6.07, 6.45) is 2.26. The number of ether oxygens (including phenoxy) is 5. The molecule has 2 saturated heterocycles. The molecule has 0 aromatic heterocycles. The Morgan fingerprint density at radius 2 is 0.903 bits per heavy atom. The number of alkyl halides is 6. The van der Waals surface area contributed by atoms with Crippen molar-refractivity contribution in [2.45, 2.75) is 172 Å². The number of hydrogen-bond acceptors (Lipinski definition) is 14. The third-order valence-electron chi connectivity index (χ3n) is 10.2. The molecule has 0 unspecified atom stereocenters. The Morgan fingerprint density at radius 3 is 1.24 bits per heavy atom. The number of rotatable bonds is 16. The zero-order chi connectivity index (χ0) is 56.3. The van der Waals surface area contributed by atoms with Gasteiger partial charge in [-0.15, -0.1) is 0 Å². The molecular formula is C48H77Cl6N3O15. The molecule has 0 saturated carbocycles. The van der Waals surface area contributed by atoms with E-state index in [0.717, 1.165) is 0 Å². The van der Waals surface area contributed by atoms with E-state index in [2.05, 4.69) is 5.32 Å². The molecule has 2 heterocycles. The van der Waals surface area contributed by atoms with Gasteiger partial charge in [0.1, 0.15) is 36.1 Å². The predicted molar refractivity (Wildman–Crippen MR) is 274 cm³/mol. The number of likely N-dealkylation sites (tertiary alicyclic amines) is 2. The van der Waals surface area contributed by atoms with Gasteiger partial charge in [0.2, 0.25) is 25.3 Å². The molecule has 416 valence electrons. The topological polar surface area (TPSA) is 239 Å². The van der Waals surface area contributed by atoms with Gasteiger partial charge in [0.05, 0.1) is 42.9 Å². The first-order chi connectivity index (χ1) is 32.5. The summed E-state index contributed by atoms with van der Waals surface area (Å²) in [4.78, 5) is 111. The Bertz CT molecular complexity index is 1840. The van der Waals surface area contributed by atoms with E-state index >= 15 is 0 Å². The molecule has 6 atom stereocenters. The van der Waals surface area contributed by atoms with E-state index in [1.165, 1.54) is 11.8 Å². The van der Waals surface area contributed by atoms with Crippen LogP contribution in [0.4, 0.5) is 0 Å². The van der Waals surface area contributed by atoms with Gasteiger partial charge in [0.15, 0.2) is 0 Å². The Morgan fingerprint density at radius 1 is 0.556 bits per heavy atom. The molecule has 18 nitrogen and oxygen atoms in total. The number of hydrogen-bond donors (Lipinski definition) is 2. The highest BCUT2D eigenvalue weighted by Gasteiger charge is 2.37. The van der Waals surface area contributed by atoms with Crippen molar-refractivity contribution >= 4 is 123 Å². The molecule has 0 aliphatic carbocycles. The second-order valence-electron chi connectivity index (χ2n) is 21.3. The van der Waals surface area contributed by atoms with Gasteiger partial charge in [-0.25, -0.2) is 0 Å². The number of halogens is 6. The van der Waals surface area contributed by atoms with Crippen LogP contribution < -0.4 is 5.32 Å². The van der Waals surface area contributed by atoms with Crippen molar-refractivity contribution in [2.75, 3.05) is 39.4 Å². The maximum atomic E-state index is 12.9. The van der Waals surface area contributed by atoms with Gasteiger partial charge in [-0.05, 0) is 101 Å². The number of esters is 5. The largest absolute Gasteiger partial charge is 0.481 e. The van der Waals surface area contributed by atoms with Crippen LogP contribution in [-0.2, 0) is 66.8 Å². The maximum absolute atomic E-state index is 12.9. The predicted octanol–water partition coefficient (Wildman–Crippen LogP) is 8.59.